The summed E-state index contributed by atoms with van der Waals surface area (Å²) in [6.07, 6.45) is 0. The summed E-state index contributed by atoms with van der Waals surface area (Å²) in [4.78, 5) is 17.1. The number of hydrogen-bond donors (Lipinski definition) is 1. The number of rotatable bonds is 9. The molecule has 0 radical (unpaired) electrons. The Morgan fingerprint density at radius 2 is 1.41 bits per heavy atom. The van der Waals surface area contributed by atoms with Gasteiger partial charge in [0.15, 0.2) is 0 Å². The summed E-state index contributed by atoms with van der Waals surface area (Å²) in [5.74, 6) is -0.173. The van der Waals surface area contributed by atoms with Gasteiger partial charge in [-0.2, -0.15) is 0 Å². The zero-order chi connectivity index (χ0) is 25.6. The molecule has 0 amide bonds. The van der Waals surface area contributed by atoms with Crippen molar-refractivity contribution in [2.45, 2.75) is 11.4 Å². The molecular formula is C31H25FN2O2S. The zero-order valence-electron chi connectivity index (χ0n) is 20.0. The number of carbonyl (C=O) groups is 1. The van der Waals surface area contributed by atoms with Crippen LogP contribution in [0, 0.1) is 0 Å². The largest absolute Gasteiger partial charge is 0.481 e. The molecule has 0 aliphatic heterocycles. The van der Waals surface area contributed by atoms with E-state index in [2.05, 4.69) is 0 Å². The van der Waals surface area contributed by atoms with E-state index < -0.39 is 12.6 Å². The van der Waals surface area contributed by atoms with Crippen LogP contribution in [0.1, 0.15) is 0 Å². The highest BCUT2D eigenvalue weighted by Crippen LogP contribution is 2.39. The van der Waals surface area contributed by atoms with E-state index in [0.717, 1.165) is 44.1 Å². The van der Waals surface area contributed by atoms with Crippen LogP contribution in [0.4, 0.5) is 4.39 Å². The predicted octanol–water partition coefficient (Wildman–Crippen LogP) is 7.70. The van der Waals surface area contributed by atoms with Crippen LogP contribution < -0.4 is 0 Å². The van der Waals surface area contributed by atoms with E-state index in [1.807, 2.05) is 114 Å². The molecule has 0 bridgehead atoms. The molecule has 1 aromatic heterocycles. The lowest BCUT2D eigenvalue weighted by Gasteiger charge is -2.14. The van der Waals surface area contributed by atoms with Gasteiger partial charge in [0, 0.05) is 21.6 Å². The number of nitrogens with zero attached hydrogens (tertiary/aromatic N) is 2. The molecule has 4 nitrogen and oxygen atoms in total. The van der Waals surface area contributed by atoms with E-state index in [1.54, 1.807) is 0 Å². The van der Waals surface area contributed by atoms with Crippen LogP contribution in [-0.2, 0) is 11.3 Å². The fraction of sp³-hybridized carbons (Fsp3) is 0.0968. The molecule has 0 atom stereocenters. The van der Waals surface area contributed by atoms with Crippen molar-refractivity contribution in [2.75, 3.05) is 12.4 Å². The van der Waals surface area contributed by atoms with Crippen LogP contribution in [0.15, 0.2) is 114 Å². The molecule has 37 heavy (non-hydrogen) atoms. The minimum absolute atomic E-state index is 0.00707. The third-order valence-electron chi connectivity index (χ3n) is 6.05. The number of carboxylic acid groups (broad SMARTS) is 1. The minimum atomic E-state index is -0.856. The van der Waals surface area contributed by atoms with Gasteiger partial charge in [-0.1, -0.05) is 97.1 Å². The van der Waals surface area contributed by atoms with Crippen LogP contribution in [0.25, 0.3) is 45.0 Å². The smallest absolute Gasteiger partial charge is 0.313 e. The highest BCUT2D eigenvalue weighted by Gasteiger charge is 2.22. The molecule has 1 heterocycles. The molecule has 0 saturated carbocycles. The second kappa shape index (κ2) is 11.3. The van der Waals surface area contributed by atoms with Crippen molar-refractivity contribution >= 4 is 17.7 Å². The summed E-state index contributed by atoms with van der Waals surface area (Å²) < 4.78 is 16.0. The molecule has 0 unspecified atom stereocenters. The van der Waals surface area contributed by atoms with Gasteiger partial charge in [0.2, 0.25) is 0 Å². The number of thioether (sulfide) groups is 1. The predicted molar refractivity (Wildman–Crippen MR) is 148 cm³/mol. The van der Waals surface area contributed by atoms with Gasteiger partial charge < -0.3 is 9.67 Å². The Bertz CT molecular complexity index is 1520. The van der Waals surface area contributed by atoms with Gasteiger partial charge >= 0.3 is 5.97 Å². The average Bonchev–Trinajstić information content (AvgIpc) is 3.32. The molecule has 5 rings (SSSR count). The van der Waals surface area contributed by atoms with E-state index in [-0.39, 0.29) is 12.3 Å². The Morgan fingerprint density at radius 3 is 2.08 bits per heavy atom. The van der Waals surface area contributed by atoms with Gasteiger partial charge in [-0.05, 0) is 23.3 Å². The van der Waals surface area contributed by atoms with Crippen LogP contribution >= 0.6 is 11.8 Å². The van der Waals surface area contributed by atoms with E-state index >= 15 is 0 Å². The number of imidazole rings is 1. The molecule has 0 aliphatic carbocycles. The maximum absolute atomic E-state index is 14.0. The van der Waals surface area contributed by atoms with Crippen LogP contribution in [0.3, 0.4) is 0 Å². The fourth-order valence-electron chi connectivity index (χ4n) is 4.47. The molecule has 0 aliphatic rings. The van der Waals surface area contributed by atoms with E-state index in [0.29, 0.717) is 5.82 Å². The number of alkyl halides is 1. The van der Waals surface area contributed by atoms with Gasteiger partial charge in [-0.3, -0.25) is 4.79 Å². The topological polar surface area (TPSA) is 55.1 Å². The lowest BCUT2D eigenvalue weighted by Crippen LogP contribution is -2.05. The monoisotopic (exact) mass is 508 g/mol. The van der Waals surface area contributed by atoms with Crippen molar-refractivity contribution in [3.63, 3.8) is 0 Å². The van der Waals surface area contributed by atoms with Crippen LogP contribution in [0.2, 0.25) is 0 Å². The quantitative estimate of drug-likeness (QED) is 0.207. The second-order valence-corrected chi connectivity index (χ2v) is 9.51. The standard InChI is InChI=1S/C31H25FN2O2S/c32-18-19-34-30(23-12-5-2-6-13-23)29(22-10-3-1-4-11-22)33-31(34)27-17-8-7-16-26(27)24-14-9-15-25(20-24)37-21-28(35)36/h1-17,20H,18-19,21H2,(H,35,36). The van der Waals surface area contributed by atoms with Crippen molar-refractivity contribution in [1.29, 1.82) is 0 Å². The van der Waals surface area contributed by atoms with Crippen molar-refractivity contribution in [1.82, 2.24) is 9.55 Å². The molecule has 184 valence electrons. The molecular weight excluding hydrogens is 483 g/mol. The van der Waals surface area contributed by atoms with E-state index in [4.69, 9.17) is 10.1 Å². The summed E-state index contributed by atoms with van der Waals surface area (Å²) in [6.45, 7) is -0.358. The van der Waals surface area contributed by atoms with Crippen molar-refractivity contribution < 1.29 is 14.3 Å². The lowest BCUT2D eigenvalue weighted by molar-refractivity contribution is -0.133. The van der Waals surface area contributed by atoms with Crippen molar-refractivity contribution in [3.8, 4) is 45.0 Å². The van der Waals surface area contributed by atoms with Crippen LogP contribution in [0.5, 0.6) is 0 Å². The first-order chi connectivity index (χ1) is 18.2. The molecule has 0 saturated heterocycles. The number of carboxylic acids is 1. The molecule has 5 aromatic rings. The number of aromatic nitrogens is 2. The van der Waals surface area contributed by atoms with E-state index in [9.17, 15) is 9.18 Å². The molecule has 0 spiro atoms. The Balaban J connectivity index is 1.71. The summed E-state index contributed by atoms with van der Waals surface area (Å²) in [5.41, 5.74) is 6.39. The van der Waals surface area contributed by atoms with Gasteiger partial charge in [-0.25, -0.2) is 9.37 Å². The number of benzene rings is 4. The Hall–Kier alpha value is -4.16. The molecule has 6 heteroatoms. The normalized spacial score (nSPS) is 10.9. The Kier molecular flexibility index (Phi) is 7.47. The third kappa shape index (κ3) is 5.34. The first kappa shape index (κ1) is 24.5. The van der Waals surface area contributed by atoms with Crippen molar-refractivity contribution in [2.24, 2.45) is 0 Å². The minimum Gasteiger partial charge on any atom is -0.481 e. The van der Waals surface area contributed by atoms with Crippen molar-refractivity contribution in [3.05, 3.63) is 109 Å². The Labute approximate surface area is 219 Å². The highest BCUT2D eigenvalue weighted by atomic mass is 32.2. The first-order valence-electron chi connectivity index (χ1n) is 12.0. The zero-order valence-corrected chi connectivity index (χ0v) is 20.9. The molecule has 0 fully saturated rings. The lowest BCUT2D eigenvalue weighted by atomic mass is 9.99. The number of halogens is 1. The summed E-state index contributed by atoms with van der Waals surface area (Å²) in [7, 11) is 0. The second-order valence-electron chi connectivity index (χ2n) is 8.46. The maximum atomic E-state index is 14.0. The summed E-state index contributed by atoms with van der Waals surface area (Å²) >= 11 is 1.28. The van der Waals surface area contributed by atoms with Gasteiger partial charge in [0.1, 0.15) is 12.5 Å². The third-order valence-corrected chi connectivity index (χ3v) is 7.02. The highest BCUT2D eigenvalue weighted by molar-refractivity contribution is 8.00. The summed E-state index contributed by atoms with van der Waals surface area (Å²) in [5, 5.41) is 9.09. The molecule has 1 N–H and O–H groups in total. The molecule has 4 aromatic carbocycles. The summed E-state index contributed by atoms with van der Waals surface area (Å²) in [6, 6.07) is 35.7. The van der Waals surface area contributed by atoms with Gasteiger partial charge in [0.25, 0.3) is 0 Å². The SMILES string of the molecule is O=C(O)CSc1cccc(-c2ccccc2-c2nc(-c3ccccc3)c(-c3ccccc3)n2CCF)c1. The average molecular weight is 509 g/mol. The fourth-order valence-corrected chi connectivity index (χ4v) is 5.15. The first-order valence-corrected chi connectivity index (χ1v) is 13.0. The Morgan fingerprint density at radius 1 is 0.784 bits per heavy atom. The number of aliphatic carboxylic acids is 1. The number of hydrogen-bond acceptors (Lipinski definition) is 3. The van der Waals surface area contributed by atoms with Crippen LogP contribution in [-0.4, -0.2) is 33.1 Å². The maximum Gasteiger partial charge on any atom is 0.313 e. The van der Waals surface area contributed by atoms with E-state index in [1.165, 1.54) is 11.8 Å². The van der Waals surface area contributed by atoms with Gasteiger partial charge in [-0.15, -0.1) is 11.8 Å². The van der Waals surface area contributed by atoms with Gasteiger partial charge in [0.05, 0.1) is 23.7 Å².